The van der Waals surface area contributed by atoms with Crippen molar-refractivity contribution < 1.29 is 14.3 Å². The van der Waals surface area contributed by atoms with Gasteiger partial charge in [0, 0.05) is 31.7 Å². The minimum atomic E-state index is -0.00532. The van der Waals surface area contributed by atoms with Crippen molar-refractivity contribution in [2.24, 2.45) is 0 Å². The second-order valence-electron chi connectivity index (χ2n) is 7.35. The summed E-state index contributed by atoms with van der Waals surface area (Å²) in [6, 6.07) is 16.0. The van der Waals surface area contributed by atoms with Crippen molar-refractivity contribution in [3.63, 3.8) is 0 Å². The fraction of sp³-hybridized carbons (Fsp3) is 0.292. The first kappa shape index (κ1) is 22.0. The number of thioether (sulfide) groups is 1. The van der Waals surface area contributed by atoms with Crippen LogP contribution >= 0.6 is 11.8 Å². The van der Waals surface area contributed by atoms with Gasteiger partial charge in [-0.2, -0.15) is 0 Å². The SMILES string of the molecule is C=CCn1c(CCc2ccccc2)nnc1SCCC(=O)NCc1ccc2c(c1)OCO2. The Labute approximate surface area is 191 Å². The van der Waals surface area contributed by atoms with Gasteiger partial charge in [-0.25, -0.2) is 0 Å². The Morgan fingerprint density at radius 1 is 1.09 bits per heavy atom. The Bertz CT molecular complexity index is 1070. The first-order valence-corrected chi connectivity index (χ1v) is 11.6. The maximum Gasteiger partial charge on any atom is 0.231 e. The van der Waals surface area contributed by atoms with Crippen molar-refractivity contribution in [2.45, 2.75) is 37.5 Å². The molecule has 1 N–H and O–H groups in total. The molecule has 0 spiro atoms. The van der Waals surface area contributed by atoms with Crippen LogP contribution in [0.3, 0.4) is 0 Å². The van der Waals surface area contributed by atoms with E-state index in [9.17, 15) is 4.79 Å². The number of aryl methyl sites for hydroxylation is 2. The van der Waals surface area contributed by atoms with E-state index in [0.29, 0.717) is 25.3 Å². The topological polar surface area (TPSA) is 78.3 Å². The number of allylic oxidation sites excluding steroid dienone is 1. The summed E-state index contributed by atoms with van der Waals surface area (Å²) in [6.07, 6.45) is 3.96. The van der Waals surface area contributed by atoms with Crippen molar-refractivity contribution in [1.82, 2.24) is 20.1 Å². The summed E-state index contributed by atoms with van der Waals surface area (Å²) in [5.41, 5.74) is 2.25. The minimum absolute atomic E-state index is 0.00532. The average Bonchev–Trinajstić information content (AvgIpc) is 3.44. The van der Waals surface area contributed by atoms with Crippen molar-refractivity contribution in [2.75, 3.05) is 12.5 Å². The van der Waals surface area contributed by atoms with E-state index >= 15 is 0 Å². The van der Waals surface area contributed by atoms with Crippen LogP contribution < -0.4 is 14.8 Å². The van der Waals surface area contributed by atoms with Crippen molar-refractivity contribution in [3.05, 3.63) is 78.1 Å². The summed E-state index contributed by atoms with van der Waals surface area (Å²) in [5.74, 6) is 3.01. The van der Waals surface area contributed by atoms with Gasteiger partial charge in [-0.15, -0.1) is 16.8 Å². The lowest BCUT2D eigenvalue weighted by Gasteiger charge is -2.08. The summed E-state index contributed by atoms with van der Waals surface area (Å²) in [6.45, 7) is 5.20. The highest BCUT2D eigenvalue weighted by Gasteiger charge is 2.14. The van der Waals surface area contributed by atoms with E-state index in [0.717, 1.165) is 40.9 Å². The number of ether oxygens (including phenoxy) is 2. The first-order chi connectivity index (χ1) is 15.7. The molecule has 1 amide bonds. The number of aromatic nitrogens is 3. The van der Waals surface area contributed by atoms with Crippen LogP contribution in [0.5, 0.6) is 11.5 Å². The number of benzene rings is 2. The van der Waals surface area contributed by atoms with Crippen LogP contribution in [0.2, 0.25) is 0 Å². The van der Waals surface area contributed by atoms with E-state index in [-0.39, 0.29) is 12.7 Å². The van der Waals surface area contributed by atoms with E-state index in [1.165, 1.54) is 5.56 Å². The highest BCUT2D eigenvalue weighted by Crippen LogP contribution is 2.32. The molecule has 8 heteroatoms. The number of rotatable bonds is 11. The third-order valence-corrected chi connectivity index (χ3v) is 6.04. The Balaban J connectivity index is 1.25. The first-order valence-electron chi connectivity index (χ1n) is 10.6. The minimum Gasteiger partial charge on any atom is -0.454 e. The van der Waals surface area contributed by atoms with Gasteiger partial charge in [0.1, 0.15) is 5.82 Å². The lowest BCUT2D eigenvalue weighted by molar-refractivity contribution is -0.120. The van der Waals surface area contributed by atoms with Crippen LogP contribution in [-0.4, -0.2) is 33.2 Å². The quantitative estimate of drug-likeness (QED) is 0.354. The third kappa shape index (κ3) is 5.70. The van der Waals surface area contributed by atoms with Crippen LogP contribution in [0.15, 0.2) is 66.3 Å². The maximum absolute atomic E-state index is 12.3. The molecule has 1 aromatic heterocycles. The number of nitrogens with one attached hydrogen (secondary N) is 1. The molecule has 0 atom stereocenters. The van der Waals surface area contributed by atoms with Crippen molar-refractivity contribution in [1.29, 1.82) is 0 Å². The van der Waals surface area contributed by atoms with E-state index in [4.69, 9.17) is 9.47 Å². The molecule has 7 nitrogen and oxygen atoms in total. The molecule has 166 valence electrons. The molecule has 0 fully saturated rings. The summed E-state index contributed by atoms with van der Waals surface area (Å²) in [7, 11) is 0. The lowest BCUT2D eigenvalue weighted by Crippen LogP contribution is -2.23. The fourth-order valence-electron chi connectivity index (χ4n) is 3.40. The van der Waals surface area contributed by atoms with Crippen LogP contribution in [0.4, 0.5) is 0 Å². The van der Waals surface area contributed by atoms with Gasteiger partial charge in [0.05, 0.1) is 0 Å². The van der Waals surface area contributed by atoms with Crippen LogP contribution in [-0.2, 0) is 30.7 Å². The number of nitrogens with zero attached hydrogens (tertiary/aromatic N) is 3. The maximum atomic E-state index is 12.3. The van der Waals surface area contributed by atoms with Crippen LogP contribution in [0, 0.1) is 0 Å². The number of hydrogen-bond acceptors (Lipinski definition) is 6. The van der Waals surface area contributed by atoms with Gasteiger partial charge < -0.3 is 19.4 Å². The number of amides is 1. The molecule has 0 bridgehead atoms. The van der Waals surface area contributed by atoms with Gasteiger partial charge in [-0.1, -0.05) is 54.2 Å². The third-order valence-electron chi connectivity index (χ3n) is 5.07. The second-order valence-corrected chi connectivity index (χ2v) is 8.41. The van der Waals surface area contributed by atoms with Gasteiger partial charge in [0.2, 0.25) is 12.7 Å². The monoisotopic (exact) mass is 450 g/mol. The normalized spacial score (nSPS) is 12.0. The molecule has 0 unspecified atom stereocenters. The summed E-state index contributed by atoms with van der Waals surface area (Å²) in [4.78, 5) is 12.3. The van der Waals surface area contributed by atoms with E-state index in [1.807, 2.05) is 42.5 Å². The van der Waals surface area contributed by atoms with E-state index < -0.39 is 0 Å². The molecular formula is C24H26N4O3S. The van der Waals surface area contributed by atoms with Crippen LogP contribution in [0.25, 0.3) is 0 Å². The standard InChI is InChI=1S/C24H26N4O3S/c1-2-13-28-22(11-9-18-6-4-3-5-7-18)26-27-24(28)32-14-12-23(29)25-16-19-8-10-20-21(15-19)31-17-30-20/h2-8,10,15H,1,9,11-14,16-17H2,(H,25,29). The summed E-state index contributed by atoms with van der Waals surface area (Å²) in [5, 5.41) is 12.5. The summed E-state index contributed by atoms with van der Waals surface area (Å²) < 4.78 is 12.8. The van der Waals surface area contributed by atoms with Gasteiger partial charge >= 0.3 is 0 Å². The Morgan fingerprint density at radius 3 is 2.78 bits per heavy atom. The zero-order valence-electron chi connectivity index (χ0n) is 17.8. The zero-order chi connectivity index (χ0) is 22.2. The van der Waals surface area contributed by atoms with Crippen molar-refractivity contribution in [3.8, 4) is 11.5 Å². The molecule has 32 heavy (non-hydrogen) atoms. The van der Waals surface area contributed by atoms with Gasteiger partial charge in [0.15, 0.2) is 16.7 Å². The molecule has 0 aliphatic carbocycles. The molecule has 2 heterocycles. The molecule has 0 radical (unpaired) electrons. The van der Waals surface area contributed by atoms with Crippen LogP contribution in [0.1, 0.15) is 23.4 Å². The Hall–Kier alpha value is -3.26. The van der Waals surface area contributed by atoms with E-state index in [2.05, 4.69) is 38.8 Å². The molecule has 0 saturated heterocycles. The van der Waals surface area contributed by atoms with Gasteiger partial charge in [-0.05, 0) is 29.7 Å². The fourth-order valence-corrected chi connectivity index (χ4v) is 4.30. The summed E-state index contributed by atoms with van der Waals surface area (Å²) >= 11 is 1.54. The molecular weight excluding hydrogens is 424 g/mol. The number of carbonyl (C=O) groups is 1. The molecule has 2 aromatic carbocycles. The number of fused-ring (bicyclic) bond motifs is 1. The molecule has 4 rings (SSSR count). The molecule has 3 aromatic rings. The smallest absolute Gasteiger partial charge is 0.231 e. The molecule has 1 aliphatic heterocycles. The predicted octanol–water partition coefficient (Wildman–Crippen LogP) is 3.78. The molecule has 0 saturated carbocycles. The lowest BCUT2D eigenvalue weighted by atomic mass is 10.1. The second kappa shape index (κ2) is 10.9. The highest BCUT2D eigenvalue weighted by atomic mass is 32.2. The number of hydrogen-bond donors (Lipinski definition) is 1. The molecule has 1 aliphatic rings. The zero-order valence-corrected chi connectivity index (χ0v) is 18.6. The Kier molecular flexibility index (Phi) is 7.45. The van der Waals surface area contributed by atoms with Gasteiger partial charge in [-0.3, -0.25) is 4.79 Å². The predicted molar refractivity (Wildman–Crippen MR) is 124 cm³/mol. The van der Waals surface area contributed by atoms with Crippen molar-refractivity contribution >= 4 is 17.7 Å². The highest BCUT2D eigenvalue weighted by molar-refractivity contribution is 7.99. The largest absolute Gasteiger partial charge is 0.454 e. The number of carbonyl (C=O) groups excluding carboxylic acids is 1. The van der Waals surface area contributed by atoms with E-state index in [1.54, 1.807) is 11.8 Å². The Morgan fingerprint density at radius 2 is 1.94 bits per heavy atom. The van der Waals surface area contributed by atoms with Gasteiger partial charge in [0.25, 0.3) is 0 Å². The average molecular weight is 451 g/mol.